The van der Waals surface area contributed by atoms with Crippen molar-refractivity contribution in [1.29, 1.82) is 0 Å². The van der Waals surface area contributed by atoms with E-state index in [0.29, 0.717) is 38.8 Å². The van der Waals surface area contributed by atoms with E-state index in [4.69, 9.17) is 39.5 Å². The number of rotatable bonds is 5. The molecule has 0 unspecified atom stereocenters. The van der Waals surface area contributed by atoms with Gasteiger partial charge in [-0.15, -0.1) is 10.2 Å². The van der Waals surface area contributed by atoms with Crippen LogP contribution in [0.2, 0.25) is 15.2 Å². The lowest BCUT2D eigenvalue weighted by Crippen LogP contribution is -2.04. The van der Waals surface area contributed by atoms with Gasteiger partial charge in [0, 0.05) is 0 Å². The Kier molecular flexibility index (Phi) is 5.21. The first-order chi connectivity index (χ1) is 13.6. The van der Waals surface area contributed by atoms with Gasteiger partial charge >= 0.3 is 0 Å². The summed E-state index contributed by atoms with van der Waals surface area (Å²) in [7, 11) is 1.63. The molecule has 0 aliphatic carbocycles. The van der Waals surface area contributed by atoms with Crippen LogP contribution < -0.4 is 4.74 Å². The second-order valence-corrected chi connectivity index (χ2v) is 6.97. The Morgan fingerprint density at radius 1 is 1.04 bits per heavy atom. The van der Waals surface area contributed by atoms with Gasteiger partial charge in [-0.1, -0.05) is 53.0 Å². The van der Waals surface area contributed by atoms with Gasteiger partial charge in [-0.25, -0.2) is 4.68 Å². The Balaban J connectivity index is 1.60. The summed E-state index contributed by atoms with van der Waals surface area (Å²) in [6, 6.07) is 12.9. The lowest BCUT2D eigenvalue weighted by molar-refractivity contribution is 0.414. The lowest BCUT2D eigenvalue weighted by Gasteiger charge is -2.06. The minimum absolute atomic E-state index is 0.313. The molecule has 0 radical (unpaired) electrons. The third-order valence-electron chi connectivity index (χ3n) is 4.05. The maximum atomic E-state index is 6.49. The van der Waals surface area contributed by atoms with E-state index >= 15 is 0 Å². The van der Waals surface area contributed by atoms with Crippen LogP contribution in [-0.2, 0) is 6.54 Å². The van der Waals surface area contributed by atoms with Crippen molar-refractivity contribution in [1.82, 2.24) is 30.0 Å². The van der Waals surface area contributed by atoms with Crippen LogP contribution in [0.4, 0.5) is 0 Å². The molecule has 0 saturated heterocycles. The van der Waals surface area contributed by atoms with E-state index in [1.807, 2.05) is 24.3 Å². The zero-order chi connectivity index (χ0) is 19.7. The minimum atomic E-state index is 0.313. The van der Waals surface area contributed by atoms with Crippen LogP contribution in [0.15, 0.2) is 48.7 Å². The van der Waals surface area contributed by atoms with E-state index < -0.39 is 0 Å². The second-order valence-electron chi connectivity index (χ2n) is 5.83. The Bertz CT molecular complexity index is 1120. The first-order valence-electron chi connectivity index (χ1n) is 8.16. The largest absolute Gasteiger partial charge is 0.497 e. The van der Waals surface area contributed by atoms with Crippen molar-refractivity contribution in [3.8, 4) is 22.8 Å². The van der Waals surface area contributed by atoms with Crippen molar-refractivity contribution in [3.63, 3.8) is 0 Å². The summed E-state index contributed by atoms with van der Waals surface area (Å²) in [5.74, 6) is 1.15. The fourth-order valence-electron chi connectivity index (χ4n) is 2.62. The topological polar surface area (TPSA) is 70.7 Å². The van der Waals surface area contributed by atoms with Crippen LogP contribution in [0.3, 0.4) is 0 Å². The summed E-state index contributed by atoms with van der Waals surface area (Å²) in [5.41, 5.74) is 2.12. The second kappa shape index (κ2) is 7.79. The maximum Gasteiger partial charge on any atom is 0.209 e. The van der Waals surface area contributed by atoms with E-state index in [-0.39, 0.29) is 0 Å². The van der Waals surface area contributed by atoms with Gasteiger partial charge in [0.05, 0.1) is 41.1 Å². The number of tetrazole rings is 1. The molecule has 4 aromatic rings. The first-order valence-corrected chi connectivity index (χ1v) is 9.29. The Morgan fingerprint density at radius 3 is 2.57 bits per heavy atom. The van der Waals surface area contributed by atoms with Crippen molar-refractivity contribution in [2.24, 2.45) is 0 Å². The molecule has 28 heavy (non-hydrogen) atoms. The summed E-state index contributed by atoms with van der Waals surface area (Å²) in [4.78, 5) is 1.48. The molecule has 4 rings (SSSR count). The highest BCUT2D eigenvalue weighted by atomic mass is 35.5. The Morgan fingerprint density at radius 2 is 1.82 bits per heavy atom. The van der Waals surface area contributed by atoms with Gasteiger partial charge in [0.1, 0.15) is 10.9 Å². The summed E-state index contributed by atoms with van der Waals surface area (Å²) in [6.45, 7) is 0.461. The number of methoxy groups -OCH3 is 1. The molecule has 0 aliphatic heterocycles. The highest BCUT2D eigenvalue weighted by molar-refractivity contribution is 6.43. The quantitative estimate of drug-likeness (QED) is 0.460. The van der Waals surface area contributed by atoms with Gasteiger partial charge in [-0.2, -0.15) is 9.90 Å². The molecule has 0 fully saturated rings. The van der Waals surface area contributed by atoms with Gasteiger partial charge in [0.25, 0.3) is 0 Å². The molecular weight excluding hydrogens is 423 g/mol. The number of ether oxygens (including phenoxy) is 1. The van der Waals surface area contributed by atoms with Crippen LogP contribution >= 0.6 is 34.8 Å². The molecule has 0 saturated carbocycles. The van der Waals surface area contributed by atoms with Gasteiger partial charge in [-0.05, 0) is 35.0 Å². The summed E-state index contributed by atoms with van der Waals surface area (Å²) in [5, 5.41) is 17.9. The molecule has 10 heteroatoms. The standard InChI is InChI=1S/C18H13Cl3N6O/c1-28-12-7-5-11(6-8-12)10-26-24-18(23-25-26)13-9-22-27(17(13)21)15-4-2-3-14(19)16(15)20/h2-9H,10H2,1H3. The molecule has 0 amide bonds. The maximum absolute atomic E-state index is 6.49. The van der Waals surface area contributed by atoms with Crippen LogP contribution in [0.1, 0.15) is 5.56 Å². The van der Waals surface area contributed by atoms with Gasteiger partial charge in [0.15, 0.2) is 0 Å². The monoisotopic (exact) mass is 434 g/mol. The van der Waals surface area contributed by atoms with E-state index in [0.717, 1.165) is 11.3 Å². The summed E-state index contributed by atoms with van der Waals surface area (Å²) >= 11 is 18.8. The summed E-state index contributed by atoms with van der Waals surface area (Å²) < 4.78 is 6.64. The van der Waals surface area contributed by atoms with Crippen LogP contribution in [0.5, 0.6) is 5.75 Å². The van der Waals surface area contributed by atoms with Crippen LogP contribution in [0.25, 0.3) is 17.1 Å². The number of hydrogen-bond acceptors (Lipinski definition) is 5. The number of aromatic nitrogens is 6. The van der Waals surface area contributed by atoms with Crippen molar-refractivity contribution in [3.05, 3.63) is 69.4 Å². The molecule has 2 aromatic heterocycles. The lowest BCUT2D eigenvalue weighted by atomic mass is 10.2. The van der Waals surface area contributed by atoms with Gasteiger partial charge in [0.2, 0.25) is 5.82 Å². The average Bonchev–Trinajstić information content (AvgIpc) is 3.31. The van der Waals surface area contributed by atoms with Crippen molar-refractivity contribution in [2.45, 2.75) is 6.54 Å². The minimum Gasteiger partial charge on any atom is -0.497 e. The fourth-order valence-corrected chi connectivity index (χ4v) is 3.26. The SMILES string of the molecule is COc1ccc(Cn2nnc(-c3cnn(-c4cccc(Cl)c4Cl)c3Cl)n2)cc1. The highest BCUT2D eigenvalue weighted by Gasteiger charge is 2.18. The normalized spacial score (nSPS) is 11.0. The zero-order valence-corrected chi connectivity index (χ0v) is 16.8. The van der Waals surface area contributed by atoms with Gasteiger partial charge < -0.3 is 4.74 Å². The molecule has 7 nitrogen and oxygen atoms in total. The number of hydrogen-bond donors (Lipinski definition) is 0. The fraction of sp³-hybridized carbons (Fsp3) is 0.111. The predicted molar refractivity (Wildman–Crippen MR) is 108 cm³/mol. The van der Waals surface area contributed by atoms with Crippen LogP contribution in [-0.4, -0.2) is 37.1 Å². The average molecular weight is 436 g/mol. The summed E-state index contributed by atoms with van der Waals surface area (Å²) in [6.07, 6.45) is 1.56. The van der Waals surface area contributed by atoms with Crippen LogP contribution in [0, 0.1) is 0 Å². The van der Waals surface area contributed by atoms with E-state index in [1.165, 1.54) is 9.48 Å². The molecule has 0 aliphatic rings. The van der Waals surface area contributed by atoms with E-state index in [9.17, 15) is 0 Å². The zero-order valence-electron chi connectivity index (χ0n) is 14.6. The van der Waals surface area contributed by atoms with Crippen molar-refractivity contribution in [2.75, 3.05) is 7.11 Å². The predicted octanol–water partition coefficient (Wildman–Crippen LogP) is 4.54. The Labute approximate surface area is 175 Å². The molecule has 2 heterocycles. The molecular formula is C18H13Cl3N6O. The third kappa shape index (κ3) is 3.56. The molecule has 0 N–H and O–H groups in total. The first kappa shape index (κ1) is 18.7. The number of benzene rings is 2. The Hall–Kier alpha value is -2.61. The highest BCUT2D eigenvalue weighted by Crippen LogP contribution is 2.33. The third-order valence-corrected chi connectivity index (χ3v) is 5.22. The molecule has 0 atom stereocenters. The van der Waals surface area contributed by atoms with Gasteiger partial charge in [-0.3, -0.25) is 0 Å². The van der Waals surface area contributed by atoms with Crippen molar-refractivity contribution < 1.29 is 4.74 Å². The number of halogens is 3. The molecule has 142 valence electrons. The van der Waals surface area contributed by atoms with E-state index in [1.54, 1.807) is 31.5 Å². The van der Waals surface area contributed by atoms with E-state index in [2.05, 4.69) is 20.5 Å². The van der Waals surface area contributed by atoms with Crippen molar-refractivity contribution >= 4 is 34.8 Å². The smallest absolute Gasteiger partial charge is 0.209 e. The molecule has 0 bridgehead atoms. The molecule has 2 aromatic carbocycles. The molecule has 0 spiro atoms. The number of nitrogens with zero attached hydrogens (tertiary/aromatic N) is 6.